The van der Waals surface area contributed by atoms with Gasteiger partial charge in [0.25, 0.3) is 0 Å². The fraction of sp³-hybridized carbons (Fsp3) is 1.00. The number of aliphatic hydroxyl groups excluding tert-OH is 1. The molecule has 0 fully saturated rings. The first kappa shape index (κ1) is 13.9. The molecule has 0 aromatic carbocycles. The molecule has 0 rings (SSSR count). The molecular formula is C12H27NO. The molecule has 2 nitrogen and oxygen atoms in total. The Morgan fingerprint density at radius 3 is 2.07 bits per heavy atom. The maximum Gasteiger partial charge on any atom is 0.0667 e. The molecule has 14 heavy (non-hydrogen) atoms. The third kappa shape index (κ3) is 7.34. The minimum Gasteiger partial charge on any atom is -0.392 e. The summed E-state index contributed by atoms with van der Waals surface area (Å²) in [5.41, 5.74) is 0. The van der Waals surface area contributed by atoms with E-state index in [1.54, 1.807) is 0 Å². The highest BCUT2D eigenvalue weighted by Crippen LogP contribution is 2.09. The Morgan fingerprint density at radius 1 is 1.07 bits per heavy atom. The van der Waals surface area contributed by atoms with Gasteiger partial charge in [-0.15, -0.1) is 0 Å². The van der Waals surface area contributed by atoms with Crippen molar-refractivity contribution in [1.29, 1.82) is 0 Å². The highest BCUT2D eigenvalue weighted by Gasteiger charge is 2.08. The Labute approximate surface area is 89.3 Å². The summed E-state index contributed by atoms with van der Waals surface area (Å²) in [5, 5.41) is 9.75. The van der Waals surface area contributed by atoms with Gasteiger partial charge in [-0.3, -0.25) is 0 Å². The van der Waals surface area contributed by atoms with Gasteiger partial charge in [0.15, 0.2) is 0 Å². The lowest BCUT2D eigenvalue weighted by atomic mass is 10.0. The van der Waals surface area contributed by atoms with E-state index < -0.39 is 0 Å². The molecule has 1 atom stereocenters. The lowest BCUT2D eigenvalue weighted by Crippen LogP contribution is -2.32. The molecule has 0 amide bonds. The third-order valence-corrected chi connectivity index (χ3v) is 2.68. The third-order valence-electron chi connectivity index (χ3n) is 2.68. The van der Waals surface area contributed by atoms with E-state index >= 15 is 0 Å². The quantitative estimate of drug-likeness (QED) is 0.652. The second kappa shape index (κ2) is 8.25. The topological polar surface area (TPSA) is 23.5 Å². The van der Waals surface area contributed by atoms with Crippen molar-refractivity contribution in [3.63, 3.8) is 0 Å². The van der Waals surface area contributed by atoms with Crippen molar-refractivity contribution >= 4 is 0 Å². The first-order valence-electron chi connectivity index (χ1n) is 6.00. The van der Waals surface area contributed by atoms with Crippen LogP contribution in [0.2, 0.25) is 0 Å². The normalized spacial score (nSPS) is 13.9. The van der Waals surface area contributed by atoms with Crippen LogP contribution in [0.15, 0.2) is 0 Å². The molecule has 0 aromatic heterocycles. The number of rotatable bonds is 8. The summed E-state index contributed by atoms with van der Waals surface area (Å²) < 4.78 is 0. The summed E-state index contributed by atoms with van der Waals surface area (Å²) in [6.45, 7) is 11.7. The van der Waals surface area contributed by atoms with Crippen molar-refractivity contribution in [2.75, 3.05) is 19.6 Å². The standard InChI is InChI=1S/C12H27NO/c1-5-13(6-2)10-12(14)9-7-8-11(3)4/h11-12,14H,5-10H2,1-4H3/t12-/m1/s1. The Morgan fingerprint density at radius 2 is 1.64 bits per heavy atom. The highest BCUT2D eigenvalue weighted by atomic mass is 16.3. The van der Waals surface area contributed by atoms with Gasteiger partial charge in [0.05, 0.1) is 6.10 Å². The predicted octanol–water partition coefficient (Wildman–Crippen LogP) is 2.52. The predicted molar refractivity (Wildman–Crippen MR) is 62.5 cm³/mol. The second-order valence-corrected chi connectivity index (χ2v) is 4.46. The largest absolute Gasteiger partial charge is 0.392 e. The van der Waals surface area contributed by atoms with Crippen molar-refractivity contribution in [2.24, 2.45) is 5.92 Å². The van der Waals surface area contributed by atoms with Crippen LogP contribution in [-0.4, -0.2) is 35.7 Å². The van der Waals surface area contributed by atoms with Crippen molar-refractivity contribution < 1.29 is 5.11 Å². The molecule has 0 radical (unpaired) electrons. The van der Waals surface area contributed by atoms with Gasteiger partial charge in [-0.05, 0) is 25.4 Å². The second-order valence-electron chi connectivity index (χ2n) is 4.46. The fourth-order valence-corrected chi connectivity index (χ4v) is 1.63. The van der Waals surface area contributed by atoms with Crippen LogP contribution in [0.4, 0.5) is 0 Å². The molecule has 0 heterocycles. The number of hydrogen-bond acceptors (Lipinski definition) is 2. The van der Waals surface area contributed by atoms with E-state index in [0.717, 1.165) is 38.4 Å². The molecule has 0 aliphatic carbocycles. The van der Waals surface area contributed by atoms with Gasteiger partial charge in [-0.25, -0.2) is 0 Å². The Bertz CT molecular complexity index is 121. The Kier molecular flexibility index (Phi) is 8.20. The summed E-state index contributed by atoms with van der Waals surface area (Å²) in [7, 11) is 0. The van der Waals surface area contributed by atoms with Gasteiger partial charge >= 0.3 is 0 Å². The highest BCUT2D eigenvalue weighted by molar-refractivity contribution is 4.62. The average molecular weight is 201 g/mol. The average Bonchev–Trinajstić information content (AvgIpc) is 2.13. The molecule has 2 heteroatoms. The van der Waals surface area contributed by atoms with E-state index in [2.05, 4.69) is 32.6 Å². The van der Waals surface area contributed by atoms with Gasteiger partial charge in [0, 0.05) is 6.54 Å². The van der Waals surface area contributed by atoms with Crippen molar-refractivity contribution in [3.05, 3.63) is 0 Å². The minimum atomic E-state index is -0.131. The molecule has 86 valence electrons. The summed E-state index contributed by atoms with van der Waals surface area (Å²) in [5.74, 6) is 0.760. The first-order valence-corrected chi connectivity index (χ1v) is 6.00. The minimum absolute atomic E-state index is 0.131. The Balaban J connectivity index is 3.48. The summed E-state index contributed by atoms with van der Waals surface area (Å²) in [4.78, 5) is 2.28. The van der Waals surface area contributed by atoms with E-state index in [1.807, 2.05) is 0 Å². The molecule has 0 aliphatic heterocycles. The maximum atomic E-state index is 9.75. The molecule has 0 spiro atoms. The molecule has 0 unspecified atom stereocenters. The smallest absolute Gasteiger partial charge is 0.0667 e. The van der Waals surface area contributed by atoms with E-state index in [1.165, 1.54) is 6.42 Å². The number of nitrogens with zero attached hydrogens (tertiary/aromatic N) is 1. The zero-order valence-electron chi connectivity index (χ0n) is 10.3. The number of hydrogen-bond donors (Lipinski definition) is 1. The number of likely N-dealkylation sites (N-methyl/N-ethyl adjacent to an activating group) is 1. The molecule has 0 saturated carbocycles. The van der Waals surface area contributed by atoms with Gasteiger partial charge in [-0.1, -0.05) is 40.5 Å². The first-order chi connectivity index (χ1) is 6.60. The molecule has 0 aromatic rings. The summed E-state index contributed by atoms with van der Waals surface area (Å²) in [6, 6.07) is 0. The molecular weight excluding hydrogens is 174 g/mol. The van der Waals surface area contributed by atoms with Crippen LogP contribution in [-0.2, 0) is 0 Å². The Hall–Kier alpha value is -0.0800. The van der Waals surface area contributed by atoms with E-state index in [9.17, 15) is 5.11 Å². The van der Waals surface area contributed by atoms with E-state index in [0.29, 0.717) is 0 Å². The van der Waals surface area contributed by atoms with Crippen molar-refractivity contribution in [2.45, 2.75) is 53.1 Å². The van der Waals surface area contributed by atoms with Crippen LogP contribution in [0.1, 0.15) is 47.0 Å². The van der Waals surface area contributed by atoms with Gasteiger partial charge in [0.2, 0.25) is 0 Å². The van der Waals surface area contributed by atoms with Crippen LogP contribution in [0.3, 0.4) is 0 Å². The van der Waals surface area contributed by atoms with Crippen molar-refractivity contribution in [3.8, 4) is 0 Å². The van der Waals surface area contributed by atoms with E-state index in [-0.39, 0.29) is 6.10 Å². The lowest BCUT2D eigenvalue weighted by Gasteiger charge is -2.21. The van der Waals surface area contributed by atoms with Crippen LogP contribution < -0.4 is 0 Å². The lowest BCUT2D eigenvalue weighted by molar-refractivity contribution is 0.107. The SMILES string of the molecule is CCN(CC)C[C@H](O)CCCC(C)C. The molecule has 0 saturated heterocycles. The summed E-state index contributed by atoms with van der Waals surface area (Å²) in [6.07, 6.45) is 3.21. The monoisotopic (exact) mass is 201 g/mol. The summed E-state index contributed by atoms with van der Waals surface area (Å²) >= 11 is 0. The van der Waals surface area contributed by atoms with Crippen LogP contribution >= 0.6 is 0 Å². The van der Waals surface area contributed by atoms with Gasteiger partial charge in [0.1, 0.15) is 0 Å². The van der Waals surface area contributed by atoms with Crippen molar-refractivity contribution in [1.82, 2.24) is 4.90 Å². The fourth-order valence-electron chi connectivity index (χ4n) is 1.63. The van der Waals surface area contributed by atoms with Gasteiger partial charge < -0.3 is 10.0 Å². The maximum absolute atomic E-state index is 9.75. The molecule has 1 N–H and O–H groups in total. The van der Waals surface area contributed by atoms with Gasteiger partial charge in [-0.2, -0.15) is 0 Å². The number of aliphatic hydroxyl groups is 1. The zero-order chi connectivity index (χ0) is 11.0. The zero-order valence-corrected chi connectivity index (χ0v) is 10.3. The van der Waals surface area contributed by atoms with Crippen LogP contribution in [0.5, 0.6) is 0 Å². The molecule has 0 bridgehead atoms. The van der Waals surface area contributed by atoms with Crippen LogP contribution in [0, 0.1) is 5.92 Å². The van der Waals surface area contributed by atoms with Crippen LogP contribution in [0.25, 0.3) is 0 Å². The molecule has 0 aliphatic rings. The van der Waals surface area contributed by atoms with E-state index in [4.69, 9.17) is 0 Å².